The Morgan fingerprint density at radius 2 is 1.60 bits per heavy atom. The first-order valence-electron chi connectivity index (χ1n) is 8.05. The van der Waals surface area contributed by atoms with Crippen LogP contribution in [0.2, 0.25) is 5.02 Å². The number of carboxylic acid groups (broad SMARTS) is 1. The summed E-state index contributed by atoms with van der Waals surface area (Å²) in [6, 6.07) is 13.5. The fourth-order valence-corrected chi connectivity index (χ4v) is 2.61. The molecule has 0 spiro atoms. The number of benzene rings is 2. The molecule has 2 rings (SSSR count). The molecule has 0 saturated heterocycles. The third-order valence-corrected chi connectivity index (χ3v) is 4.22. The monoisotopic (exact) mass is 359 g/mol. The van der Waals surface area contributed by atoms with Gasteiger partial charge in [0.05, 0.1) is 12.5 Å². The van der Waals surface area contributed by atoms with Gasteiger partial charge < -0.3 is 10.4 Å². The van der Waals surface area contributed by atoms with Crippen LogP contribution < -0.4 is 5.32 Å². The Bertz CT molecular complexity index is 746. The Morgan fingerprint density at radius 1 is 1.04 bits per heavy atom. The van der Waals surface area contributed by atoms with Crippen molar-refractivity contribution in [1.82, 2.24) is 5.32 Å². The molecule has 1 amide bonds. The number of nitrogens with one attached hydrogen (secondary N) is 1. The van der Waals surface area contributed by atoms with E-state index in [-0.39, 0.29) is 17.7 Å². The first-order valence-corrected chi connectivity index (χ1v) is 8.43. The molecule has 132 valence electrons. The minimum absolute atomic E-state index is 0.00412. The Hall–Kier alpha value is -2.33. The topological polar surface area (TPSA) is 66.4 Å². The SMILES string of the molecule is CC(C)(C)c1ccc(C(=O)N[C@H](CC(=O)O)c2ccc(Cl)cc2)cc1. The molecule has 4 nitrogen and oxygen atoms in total. The molecule has 0 heterocycles. The summed E-state index contributed by atoms with van der Waals surface area (Å²) in [6.45, 7) is 6.31. The zero-order valence-corrected chi connectivity index (χ0v) is 15.3. The van der Waals surface area contributed by atoms with Crippen molar-refractivity contribution in [1.29, 1.82) is 0 Å². The molecule has 0 saturated carbocycles. The second-order valence-electron chi connectivity index (χ2n) is 7.00. The molecule has 5 heteroatoms. The molecule has 0 fully saturated rings. The van der Waals surface area contributed by atoms with E-state index < -0.39 is 12.0 Å². The average molecular weight is 360 g/mol. The second-order valence-corrected chi connectivity index (χ2v) is 7.44. The minimum atomic E-state index is -0.983. The Labute approximate surface area is 152 Å². The van der Waals surface area contributed by atoms with Crippen molar-refractivity contribution < 1.29 is 14.7 Å². The number of hydrogen-bond donors (Lipinski definition) is 2. The van der Waals surface area contributed by atoms with Gasteiger partial charge in [0.1, 0.15) is 0 Å². The molecule has 0 aliphatic rings. The standard InChI is InChI=1S/C20H22ClNO3/c1-20(2,3)15-8-4-14(5-9-15)19(25)22-17(12-18(23)24)13-6-10-16(21)11-7-13/h4-11,17H,12H2,1-3H3,(H,22,25)(H,23,24)/t17-/m1/s1. The Kier molecular flexibility index (Phi) is 5.85. The number of halogens is 1. The average Bonchev–Trinajstić information content (AvgIpc) is 2.54. The summed E-state index contributed by atoms with van der Waals surface area (Å²) in [5.74, 6) is -1.29. The maximum atomic E-state index is 12.5. The van der Waals surface area contributed by atoms with Gasteiger partial charge in [0.15, 0.2) is 0 Å². The molecule has 2 N–H and O–H groups in total. The smallest absolute Gasteiger partial charge is 0.305 e. The molecule has 0 unspecified atom stereocenters. The summed E-state index contributed by atoms with van der Waals surface area (Å²) in [6.07, 6.45) is -0.201. The highest BCUT2D eigenvalue weighted by atomic mass is 35.5. The minimum Gasteiger partial charge on any atom is -0.481 e. The normalized spacial score (nSPS) is 12.5. The van der Waals surface area contributed by atoms with E-state index in [0.717, 1.165) is 5.56 Å². The van der Waals surface area contributed by atoms with E-state index in [1.165, 1.54) is 0 Å². The van der Waals surface area contributed by atoms with Crippen LogP contribution in [0.15, 0.2) is 48.5 Å². The predicted molar refractivity (Wildman–Crippen MR) is 99.1 cm³/mol. The van der Waals surface area contributed by atoms with Gasteiger partial charge in [0.25, 0.3) is 5.91 Å². The molecular weight excluding hydrogens is 338 g/mol. The number of rotatable bonds is 5. The summed E-state index contributed by atoms with van der Waals surface area (Å²) in [5, 5.41) is 12.5. The van der Waals surface area contributed by atoms with Gasteiger partial charge in [-0.05, 0) is 40.8 Å². The quantitative estimate of drug-likeness (QED) is 0.820. The van der Waals surface area contributed by atoms with Crippen LogP contribution in [0, 0.1) is 0 Å². The highest BCUT2D eigenvalue weighted by molar-refractivity contribution is 6.30. The van der Waals surface area contributed by atoms with E-state index in [1.54, 1.807) is 36.4 Å². The fraction of sp³-hybridized carbons (Fsp3) is 0.300. The lowest BCUT2D eigenvalue weighted by Crippen LogP contribution is -2.30. The van der Waals surface area contributed by atoms with Crippen molar-refractivity contribution in [2.24, 2.45) is 0 Å². The Balaban J connectivity index is 2.19. The van der Waals surface area contributed by atoms with Crippen LogP contribution in [0.3, 0.4) is 0 Å². The van der Waals surface area contributed by atoms with E-state index in [2.05, 4.69) is 26.1 Å². The molecular formula is C20H22ClNO3. The van der Waals surface area contributed by atoms with E-state index in [9.17, 15) is 9.59 Å². The first kappa shape index (κ1) is 19.0. The van der Waals surface area contributed by atoms with Crippen LogP contribution in [0.25, 0.3) is 0 Å². The predicted octanol–water partition coefficient (Wildman–Crippen LogP) is 4.58. The number of amides is 1. The maximum Gasteiger partial charge on any atom is 0.305 e. The Morgan fingerprint density at radius 3 is 2.08 bits per heavy atom. The van der Waals surface area contributed by atoms with E-state index >= 15 is 0 Å². The zero-order valence-electron chi connectivity index (χ0n) is 14.5. The lowest BCUT2D eigenvalue weighted by atomic mass is 9.86. The molecule has 2 aromatic rings. The largest absolute Gasteiger partial charge is 0.481 e. The van der Waals surface area contributed by atoms with Gasteiger partial charge in [-0.25, -0.2) is 0 Å². The van der Waals surface area contributed by atoms with Crippen molar-refractivity contribution in [2.45, 2.75) is 38.6 Å². The summed E-state index contributed by atoms with van der Waals surface area (Å²) in [4.78, 5) is 23.7. The lowest BCUT2D eigenvalue weighted by molar-refractivity contribution is -0.137. The maximum absolute atomic E-state index is 12.5. The van der Waals surface area contributed by atoms with E-state index in [0.29, 0.717) is 16.1 Å². The van der Waals surface area contributed by atoms with Gasteiger partial charge in [-0.15, -0.1) is 0 Å². The highest BCUT2D eigenvalue weighted by Gasteiger charge is 2.20. The van der Waals surface area contributed by atoms with Crippen molar-refractivity contribution in [2.75, 3.05) is 0 Å². The van der Waals surface area contributed by atoms with Gasteiger partial charge >= 0.3 is 5.97 Å². The van der Waals surface area contributed by atoms with E-state index in [1.807, 2.05) is 12.1 Å². The number of carbonyl (C=O) groups is 2. The second kappa shape index (κ2) is 7.70. The molecule has 1 atom stereocenters. The van der Waals surface area contributed by atoms with Gasteiger partial charge in [-0.3, -0.25) is 9.59 Å². The van der Waals surface area contributed by atoms with Crippen LogP contribution in [0.5, 0.6) is 0 Å². The van der Waals surface area contributed by atoms with Crippen molar-refractivity contribution in [3.05, 3.63) is 70.2 Å². The molecule has 0 aromatic heterocycles. The number of carbonyl (C=O) groups excluding carboxylic acids is 1. The first-order chi connectivity index (χ1) is 11.7. The van der Waals surface area contributed by atoms with Crippen molar-refractivity contribution >= 4 is 23.5 Å². The third-order valence-electron chi connectivity index (χ3n) is 3.97. The van der Waals surface area contributed by atoms with Gasteiger partial charge in [-0.2, -0.15) is 0 Å². The molecule has 0 bridgehead atoms. The van der Waals surface area contributed by atoms with Crippen LogP contribution >= 0.6 is 11.6 Å². The number of aliphatic carboxylic acids is 1. The molecule has 0 aliphatic heterocycles. The molecule has 0 aliphatic carbocycles. The van der Waals surface area contributed by atoms with E-state index in [4.69, 9.17) is 16.7 Å². The zero-order chi connectivity index (χ0) is 18.6. The number of carboxylic acids is 1. The van der Waals surface area contributed by atoms with Crippen molar-refractivity contribution in [3.63, 3.8) is 0 Å². The van der Waals surface area contributed by atoms with Crippen LogP contribution in [-0.4, -0.2) is 17.0 Å². The molecule has 0 radical (unpaired) electrons. The summed E-state index contributed by atoms with van der Waals surface area (Å²) in [5.41, 5.74) is 2.33. The highest BCUT2D eigenvalue weighted by Crippen LogP contribution is 2.23. The van der Waals surface area contributed by atoms with Crippen molar-refractivity contribution in [3.8, 4) is 0 Å². The third kappa shape index (κ3) is 5.33. The summed E-state index contributed by atoms with van der Waals surface area (Å²) >= 11 is 5.87. The van der Waals surface area contributed by atoms with Crippen LogP contribution in [0.4, 0.5) is 0 Å². The summed E-state index contributed by atoms with van der Waals surface area (Å²) in [7, 11) is 0. The van der Waals surface area contributed by atoms with Crippen LogP contribution in [-0.2, 0) is 10.2 Å². The summed E-state index contributed by atoms with van der Waals surface area (Å²) < 4.78 is 0. The van der Waals surface area contributed by atoms with Gasteiger partial charge in [-0.1, -0.05) is 56.6 Å². The lowest BCUT2D eigenvalue weighted by Gasteiger charge is -2.20. The fourth-order valence-electron chi connectivity index (χ4n) is 2.49. The van der Waals surface area contributed by atoms with Gasteiger partial charge in [0.2, 0.25) is 0 Å². The van der Waals surface area contributed by atoms with Crippen LogP contribution in [0.1, 0.15) is 54.7 Å². The van der Waals surface area contributed by atoms with Gasteiger partial charge in [0, 0.05) is 10.6 Å². The number of hydrogen-bond acceptors (Lipinski definition) is 2. The molecule has 25 heavy (non-hydrogen) atoms. The molecule has 2 aromatic carbocycles.